The number of hydrogen-bond acceptors (Lipinski definition) is 1. The normalized spacial score (nSPS) is 11.1. The molecule has 0 saturated heterocycles. The van der Waals surface area contributed by atoms with E-state index in [0.29, 0.717) is 0 Å². The Morgan fingerprint density at radius 3 is 1.29 bits per heavy atom. The second kappa shape index (κ2) is 5.56. The highest BCUT2D eigenvalue weighted by Crippen LogP contribution is 2.25. The molecule has 0 aromatic heterocycles. The van der Waals surface area contributed by atoms with E-state index in [-0.39, 0.29) is 12.5 Å². The molecule has 0 heterocycles. The van der Waals surface area contributed by atoms with Crippen molar-refractivity contribution in [2.24, 2.45) is 0 Å². The van der Waals surface area contributed by atoms with E-state index in [1.165, 1.54) is 0 Å². The van der Waals surface area contributed by atoms with Crippen LogP contribution in [0.15, 0.2) is 35.6 Å². The third-order valence-corrected chi connectivity index (χ3v) is 1.01. The molecule has 0 aliphatic carbocycles. The van der Waals surface area contributed by atoms with Gasteiger partial charge in [-0.3, -0.25) is 0 Å². The van der Waals surface area contributed by atoms with Crippen LogP contribution in [-0.4, -0.2) is 12.4 Å². The number of alkyl halides is 6. The average molecular weight is 266 g/mol. The van der Waals surface area contributed by atoms with E-state index in [1.54, 1.807) is 0 Å². The highest BCUT2D eigenvalue weighted by molar-refractivity contribution is 4.99. The highest BCUT2D eigenvalue weighted by Gasteiger charge is 2.35. The summed E-state index contributed by atoms with van der Waals surface area (Å²) < 4.78 is 96.4. The zero-order valence-electron chi connectivity index (χ0n) is 7.59. The maximum Gasteiger partial charge on any atom is 0.450 e. The molecule has 0 radical (unpaired) electrons. The molecule has 0 rings (SSSR count). The van der Waals surface area contributed by atoms with Gasteiger partial charge in [-0.1, -0.05) is 0 Å². The van der Waals surface area contributed by atoms with Crippen LogP contribution < -0.4 is 0 Å². The fourth-order valence-corrected chi connectivity index (χ4v) is 0.369. The van der Waals surface area contributed by atoms with Gasteiger partial charge < -0.3 is 4.74 Å². The van der Waals surface area contributed by atoms with Gasteiger partial charge in [-0.25, -0.2) is 0 Å². The predicted octanol–water partition coefficient (Wildman–Crippen LogP) is 4.06. The lowest BCUT2D eigenvalue weighted by Crippen LogP contribution is -2.06. The van der Waals surface area contributed by atoms with E-state index in [9.17, 15) is 35.1 Å². The third-order valence-electron chi connectivity index (χ3n) is 1.01. The van der Waals surface area contributed by atoms with Crippen LogP contribution in [0.3, 0.4) is 0 Å². The molecule has 0 aromatic carbocycles. The van der Waals surface area contributed by atoms with E-state index in [1.807, 2.05) is 0 Å². The Labute approximate surface area is 89.0 Å². The van der Waals surface area contributed by atoms with Crippen LogP contribution in [0, 0.1) is 0 Å². The van der Waals surface area contributed by atoms with Gasteiger partial charge in [0.15, 0.2) is 0 Å². The van der Waals surface area contributed by atoms with Crippen LogP contribution in [-0.2, 0) is 4.74 Å². The molecular weight excluding hydrogens is 264 g/mol. The molecule has 96 valence electrons. The zero-order chi connectivity index (χ0) is 13.7. The molecule has 0 N–H and O–H groups in total. The van der Waals surface area contributed by atoms with E-state index >= 15 is 0 Å². The molecule has 0 spiro atoms. The van der Waals surface area contributed by atoms with Crippen LogP contribution in [0.1, 0.15) is 0 Å². The smallest absolute Gasteiger partial charge is 0.450 e. The summed E-state index contributed by atoms with van der Waals surface area (Å²) >= 11 is 0. The largest absolute Gasteiger partial charge is 0.456 e. The minimum atomic E-state index is -5.28. The summed E-state index contributed by atoms with van der Waals surface area (Å²) in [5, 5.41) is 0. The first-order chi connectivity index (χ1) is 7.55. The molecule has 0 amide bonds. The van der Waals surface area contributed by atoms with Crippen LogP contribution in [0.25, 0.3) is 0 Å². The van der Waals surface area contributed by atoms with Gasteiger partial charge >= 0.3 is 12.4 Å². The Kier molecular flexibility index (Phi) is 5.00. The summed E-state index contributed by atoms with van der Waals surface area (Å²) in [6.45, 7) is 0. The van der Waals surface area contributed by atoms with Gasteiger partial charge in [0, 0.05) is 0 Å². The van der Waals surface area contributed by atoms with Gasteiger partial charge in [0.1, 0.15) is 12.5 Å². The molecule has 17 heavy (non-hydrogen) atoms. The van der Waals surface area contributed by atoms with Crippen molar-refractivity contribution in [1.82, 2.24) is 0 Å². The summed E-state index contributed by atoms with van der Waals surface area (Å²) in [7, 11) is 0. The first-order valence-corrected chi connectivity index (χ1v) is 3.56. The third kappa shape index (κ3) is 6.44. The van der Waals surface area contributed by atoms with Crippen molar-refractivity contribution in [3.05, 3.63) is 35.6 Å². The van der Waals surface area contributed by atoms with Crippen molar-refractivity contribution >= 4 is 0 Å². The molecule has 9 heteroatoms. The van der Waals surface area contributed by atoms with Gasteiger partial charge in [0.05, 0.1) is 0 Å². The van der Waals surface area contributed by atoms with Gasteiger partial charge in [-0.2, -0.15) is 35.1 Å². The van der Waals surface area contributed by atoms with Crippen molar-refractivity contribution in [2.75, 3.05) is 0 Å². The standard InChI is InChI=1S/C8H2F8O/c9-5(7(11,12)13)1-3-17-4-2-6(10)8(14,15)16/h3-4H. The summed E-state index contributed by atoms with van der Waals surface area (Å²) in [4.78, 5) is 0. The first kappa shape index (κ1) is 15.3. The van der Waals surface area contributed by atoms with Crippen molar-refractivity contribution in [2.45, 2.75) is 12.4 Å². The molecule has 0 aliphatic heterocycles. The van der Waals surface area contributed by atoms with E-state index in [0.717, 1.165) is 11.5 Å². The van der Waals surface area contributed by atoms with Gasteiger partial charge in [0.25, 0.3) is 0 Å². The Hall–Kier alpha value is -1.72. The quantitative estimate of drug-likeness (QED) is 0.416. The molecule has 0 unspecified atom stereocenters. The molecule has 0 aliphatic rings. The Morgan fingerprint density at radius 1 is 0.765 bits per heavy atom. The Balaban J connectivity index is 4.65. The number of rotatable bonds is 2. The van der Waals surface area contributed by atoms with Crippen LogP contribution in [0.2, 0.25) is 0 Å². The van der Waals surface area contributed by atoms with Gasteiger partial charge in [-0.05, 0) is 11.5 Å². The fourth-order valence-electron chi connectivity index (χ4n) is 0.369. The molecule has 0 bridgehead atoms. The number of ether oxygens (including phenoxy) is 1. The van der Waals surface area contributed by atoms with Crippen molar-refractivity contribution in [1.29, 1.82) is 0 Å². The lowest BCUT2D eigenvalue weighted by atomic mass is 10.5. The summed E-state index contributed by atoms with van der Waals surface area (Å²) in [5.41, 5.74) is 1.86. The Morgan fingerprint density at radius 2 is 1.06 bits per heavy atom. The van der Waals surface area contributed by atoms with Crippen molar-refractivity contribution in [3.8, 4) is 0 Å². The molecule has 0 aromatic rings. The minimum absolute atomic E-state index is 0.0422. The van der Waals surface area contributed by atoms with Crippen LogP contribution >= 0.6 is 0 Å². The van der Waals surface area contributed by atoms with E-state index < -0.39 is 24.0 Å². The van der Waals surface area contributed by atoms with Gasteiger partial charge in [0.2, 0.25) is 11.7 Å². The molecule has 0 saturated carbocycles. The zero-order valence-corrected chi connectivity index (χ0v) is 7.59. The van der Waals surface area contributed by atoms with Gasteiger partial charge in [-0.15, -0.1) is 0 Å². The summed E-state index contributed by atoms with van der Waals surface area (Å²) in [5.74, 6) is -5.29. The maximum absolute atomic E-state index is 12.0. The number of allylic oxidation sites excluding steroid dienone is 2. The second-order valence-electron chi connectivity index (χ2n) is 2.28. The summed E-state index contributed by atoms with van der Waals surface area (Å²) in [6.07, 6.45) is -10.6. The lowest BCUT2D eigenvalue weighted by Gasteiger charge is -1.98. The molecule has 0 fully saturated rings. The molecular formula is C8H2F8O. The average Bonchev–Trinajstić information content (AvgIpc) is 2.13. The number of halogens is 8. The monoisotopic (exact) mass is 266 g/mol. The second-order valence-corrected chi connectivity index (χ2v) is 2.28. The van der Waals surface area contributed by atoms with Crippen LogP contribution in [0.4, 0.5) is 35.1 Å². The molecule has 1 nitrogen and oxygen atoms in total. The van der Waals surface area contributed by atoms with Crippen LogP contribution in [0.5, 0.6) is 0 Å². The van der Waals surface area contributed by atoms with Crippen molar-refractivity contribution in [3.63, 3.8) is 0 Å². The highest BCUT2D eigenvalue weighted by atomic mass is 19.4. The maximum atomic E-state index is 12.0. The fraction of sp³-hybridized carbons (Fsp3) is 0.250. The van der Waals surface area contributed by atoms with E-state index in [2.05, 4.69) is 4.74 Å². The topological polar surface area (TPSA) is 9.23 Å². The Bertz CT molecular complexity index is 349. The van der Waals surface area contributed by atoms with Crippen molar-refractivity contribution < 1.29 is 39.9 Å². The number of hydrogen-bond donors (Lipinski definition) is 0. The molecule has 0 atom stereocenters. The van der Waals surface area contributed by atoms with E-state index in [4.69, 9.17) is 0 Å². The summed E-state index contributed by atoms with van der Waals surface area (Å²) in [6, 6.07) is 0. The predicted molar refractivity (Wildman–Crippen MR) is 38.6 cm³/mol. The first-order valence-electron chi connectivity index (χ1n) is 3.56. The lowest BCUT2D eigenvalue weighted by molar-refractivity contribution is -0.109. The SMILES string of the molecule is FC(=C=COC=C=C(F)C(F)(F)F)C(F)(F)F. The minimum Gasteiger partial charge on any atom is -0.456 e.